The predicted octanol–water partition coefficient (Wildman–Crippen LogP) is 3.61. The van der Waals surface area contributed by atoms with Gasteiger partial charge < -0.3 is 0 Å². The molecule has 0 amide bonds. The summed E-state index contributed by atoms with van der Waals surface area (Å²) in [4.78, 5) is 0. The lowest BCUT2D eigenvalue weighted by atomic mass is 9.65. The van der Waals surface area contributed by atoms with E-state index in [-0.39, 0.29) is 0 Å². The first-order valence-electron chi connectivity index (χ1n) is 7.25. The van der Waals surface area contributed by atoms with E-state index in [9.17, 15) is 4.21 Å². The first-order valence-corrected chi connectivity index (χ1v) is 8.64. The molecular formula is C15H26OS. The van der Waals surface area contributed by atoms with E-state index >= 15 is 0 Å². The van der Waals surface area contributed by atoms with Crippen LogP contribution in [0.2, 0.25) is 0 Å². The fraction of sp³-hybridized carbons (Fsp3) is 1.00. The highest BCUT2D eigenvalue weighted by Crippen LogP contribution is 2.71. The minimum absolute atomic E-state index is 0.438. The molecule has 2 saturated carbocycles. The van der Waals surface area contributed by atoms with Crippen molar-refractivity contribution in [3.05, 3.63) is 0 Å². The molecule has 0 aromatic heterocycles. The highest BCUT2D eigenvalue weighted by Gasteiger charge is 2.66. The molecule has 1 aliphatic heterocycles. The second-order valence-corrected chi connectivity index (χ2v) is 9.24. The Morgan fingerprint density at radius 2 is 1.88 bits per heavy atom. The SMILES string of the molecule is CC(C)[C@H]1C[C@@H]2C[C@H]3CC[C@]2(C[S@@]1=O)C3(C)C. The predicted molar refractivity (Wildman–Crippen MR) is 73.3 cm³/mol. The van der Waals surface area contributed by atoms with Gasteiger partial charge in [0.25, 0.3) is 0 Å². The standard InChI is InChI=1S/C15H26OS/c1-10(2)13-8-12-7-11-5-6-15(12,9-17(13)16)14(11,3)4/h10-13H,5-9H2,1-4H3/t11-,12+,13-,15-,17+/m1/s1. The lowest BCUT2D eigenvalue weighted by Gasteiger charge is -2.48. The molecule has 1 heterocycles. The van der Waals surface area contributed by atoms with Crippen LogP contribution in [0.25, 0.3) is 0 Å². The quantitative estimate of drug-likeness (QED) is 0.698. The Hall–Kier alpha value is 0.150. The van der Waals surface area contributed by atoms with Crippen LogP contribution in [0.15, 0.2) is 0 Å². The minimum Gasteiger partial charge on any atom is -0.259 e. The minimum atomic E-state index is -0.578. The van der Waals surface area contributed by atoms with Gasteiger partial charge in [0.15, 0.2) is 0 Å². The molecule has 2 heteroatoms. The topological polar surface area (TPSA) is 17.1 Å². The van der Waals surface area contributed by atoms with Crippen LogP contribution < -0.4 is 0 Å². The van der Waals surface area contributed by atoms with Crippen LogP contribution in [0.3, 0.4) is 0 Å². The Morgan fingerprint density at radius 1 is 1.18 bits per heavy atom. The van der Waals surface area contributed by atoms with E-state index in [4.69, 9.17) is 0 Å². The molecule has 0 unspecified atom stereocenters. The third-order valence-corrected chi connectivity index (χ3v) is 8.80. The number of fused-ring (bicyclic) bond motifs is 1. The van der Waals surface area contributed by atoms with Gasteiger partial charge in [-0.3, -0.25) is 4.21 Å². The highest BCUT2D eigenvalue weighted by atomic mass is 32.2. The average molecular weight is 254 g/mol. The van der Waals surface area contributed by atoms with E-state index in [1.54, 1.807) is 0 Å². The van der Waals surface area contributed by atoms with Crippen molar-refractivity contribution in [3.63, 3.8) is 0 Å². The summed E-state index contributed by atoms with van der Waals surface area (Å²) in [6.45, 7) is 9.41. The zero-order valence-electron chi connectivity index (χ0n) is 11.7. The summed E-state index contributed by atoms with van der Waals surface area (Å²) >= 11 is 0. The molecule has 2 aliphatic carbocycles. The lowest BCUT2D eigenvalue weighted by Crippen LogP contribution is -2.48. The van der Waals surface area contributed by atoms with Crippen LogP contribution in [-0.2, 0) is 10.8 Å². The fourth-order valence-electron chi connectivity index (χ4n) is 5.26. The summed E-state index contributed by atoms with van der Waals surface area (Å²) in [6.07, 6.45) is 5.41. The van der Waals surface area contributed by atoms with Crippen molar-refractivity contribution >= 4 is 10.8 Å². The second-order valence-electron chi connectivity index (χ2n) is 7.59. The van der Waals surface area contributed by atoms with Crippen molar-refractivity contribution in [2.75, 3.05) is 5.75 Å². The second kappa shape index (κ2) is 3.59. The Morgan fingerprint density at radius 3 is 2.47 bits per heavy atom. The highest BCUT2D eigenvalue weighted by molar-refractivity contribution is 7.85. The van der Waals surface area contributed by atoms with E-state index < -0.39 is 10.8 Å². The van der Waals surface area contributed by atoms with E-state index in [0.29, 0.717) is 22.0 Å². The molecule has 3 fully saturated rings. The van der Waals surface area contributed by atoms with Crippen molar-refractivity contribution in [3.8, 4) is 0 Å². The van der Waals surface area contributed by atoms with E-state index in [2.05, 4.69) is 27.7 Å². The van der Waals surface area contributed by atoms with Crippen LogP contribution in [0.5, 0.6) is 0 Å². The monoisotopic (exact) mass is 254 g/mol. The number of rotatable bonds is 1. The molecule has 0 aromatic rings. The Labute approximate surface area is 108 Å². The largest absolute Gasteiger partial charge is 0.259 e. The van der Waals surface area contributed by atoms with Crippen molar-refractivity contribution in [2.24, 2.45) is 28.6 Å². The zero-order valence-corrected chi connectivity index (χ0v) is 12.5. The van der Waals surface area contributed by atoms with E-state index in [1.807, 2.05) is 0 Å². The van der Waals surface area contributed by atoms with Gasteiger partial charge >= 0.3 is 0 Å². The molecule has 17 heavy (non-hydrogen) atoms. The number of hydrogen-bond acceptors (Lipinski definition) is 1. The maximum atomic E-state index is 12.6. The van der Waals surface area contributed by atoms with Gasteiger partial charge in [-0.15, -0.1) is 0 Å². The summed E-state index contributed by atoms with van der Waals surface area (Å²) in [5.41, 5.74) is 0.892. The van der Waals surface area contributed by atoms with Crippen LogP contribution in [0.4, 0.5) is 0 Å². The number of hydrogen-bond donors (Lipinski definition) is 0. The summed E-state index contributed by atoms with van der Waals surface area (Å²) in [6, 6.07) is 0. The van der Waals surface area contributed by atoms with Crippen LogP contribution in [-0.4, -0.2) is 15.2 Å². The average Bonchev–Trinajstić information content (AvgIpc) is 2.59. The van der Waals surface area contributed by atoms with Gasteiger partial charge in [0.1, 0.15) is 0 Å². The van der Waals surface area contributed by atoms with Gasteiger partial charge in [0.05, 0.1) is 0 Å². The first-order chi connectivity index (χ1) is 7.88. The molecule has 1 spiro atoms. The van der Waals surface area contributed by atoms with Gasteiger partial charge in [-0.25, -0.2) is 0 Å². The summed E-state index contributed by atoms with van der Waals surface area (Å²) in [5, 5.41) is 0.473. The Bertz CT molecular complexity index is 360. The van der Waals surface area contributed by atoms with Gasteiger partial charge in [-0.05, 0) is 54.3 Å². The molecule has 1 nitrogen and oxygen atoms in total. The first kappa shape index (κ1) is 12.2. The maximum Gasteiger partial charge on any atom is 0.0374 e. The van der Waals surface area contributed by atoms with Gasteiger partial charge in [-0.2, -0.15) is 0 Å². The van der Waals surface area contributed by atoms with Crippen LogP contribution >= 0.6 is 0 Å². The van der Waals surface area contributed by atoms with Gasteiger partial charge in [0, 0.05) is 21.8 Å². The van der Waals surface area contributed by atoms with Gasteiger partial charge in [0.2, 0.25) is 0 Å². The molecule has 3 rings (SSSR count). The third kappa shape index (κ3) is 1.39. The molecule has 2 bridgehead atoms. The van der Waals surface area contributed by atoms with E-state index in [1.165, 1.54) is 25.7 Å². The molecular weight excluding hydrogens is 228 g/mol. The molecule has 3 aliphatic rings. The zero-order chi connectivity index (χ0) is 12.4. The molecule has 0 radical (unpaired) electrons. The summed E-state index contributed by atoms with van der Waals surface area (Å²) < 4.78 is 12.6. The maximum absolute atomic E-state index is 12.6. The molecule has 0 aromatic carbocycles. The lowest BCUT2D eigenvalue weighted by molar-refractivity contribution is 0.0920. The van der Waals surface area contributed by atoms with Crippen molar-refractivity contribution in [1.29, 1.82) is 0 Å². The smallest absolute Gasteiger partial charge is 0.0374 e. The van der Waals surface area contributed by atoms with Crippen LogP contribution in [0, 0.1) is 28.6 Å². The van der Waals surface area contributed by atoms with E-state index in [0.717, 1.165) is 17.6 Å². The Kier molecular flexibility index (Phi) is 2.57. The fourth-order valence-corrected chi connectivity index (χ4v) is 7.78. The summed E-state index contributed by atoms with van der Waals surface area (Å²) in [7, 11) is -0.578. The molecule has 0 N–H and O–H groups in total. The van der Waals surface area contributed by atoms with Crippen molar-refractivity contribution in [1.82, 2.24) is 0 Å². The van der Waals surface area contributed by atoms with Crippen molar-refractivity contribution < 1.29 is 4.21 Å². The third-order valence-electron chi connectivity index (χ3n) is 6.59. The molecule has 5 atom stereocenters. The normalized spacial score (nSPS) is 51.8. The van der Waals surface area contributed by atoms with Crippen LogP contribution in [0.1, 0.15) is 53.4 Å². The molecule has 1 saturated heterocycles. The summed E-state index contributed by atoms with van der Waals surface area (Å²) in [5.74, 6) is 3.39. The molecule has 98 valence electrons. The Balaban J connectivity index is 1.93. The van der Waals surface area contributed by atoms with Gasteiger partial charge in [-0.1, -0.05) is 27.7 Å². The van der Waals surface area contributed by atoms with Crippen molar-refractivity contribution in [2.45, 2.75) is 58.6 Å².